The topological polar surface area (TPSA) is 87.3 Å². The molecule has 7 nitrogen and oxygen atoms in total. The van der Waals surface area contributed by atoms with E-state index in [0.29, 0.717) is 41.3 Å². The summed E-state index contributed by atoms with van der Waals surface area (Å²) in [5.74, 6) is 0.772. The van der Waals surface area contributed by atoms with Gasteiger partial charge in [0.15, 0.2) is 5.69 Å². The molecule has 0 spiro atoms. The minimum atomic E-state index is -0.329. The van der Waals surface area contributed by atoms with E-state index in [1.54, 1.807) is 24.5 Å². The Morgan fingerprint density at radius 3 is 2.75 bits per heavy atom. The number of amides is 1. The Balaban J connectivity index is 1.30. The standard InChI is InChI=1S/C27H24Cl2N4O3/c28-22-8-3-5-19(26(22)29)15-33(11-10-18-13-30-23-9-2-1-7-21(18)23)16-25-32-24(17-36-25)27(34)31-14-20-6-4-12-35-20/h1-9,12-13,17,30H,10-11,14-16H2,(H,31,34). The van der Waals surface area contributed by atoms with Crippen LogP contribution in [0, 0.1) is 0 Å². The highest BCUT2D eigenvalue weighted by Gasteiger charge is 2.17. The molecular formula is C27H24Cl2N4O3. The van der Waals surface area contributed by atoms with Crippen molar-refractivity contribution in [3.05, 3.63) is 112 Å². The number of nitrogens with zero attached hydrogens (tertiary/aromatic N) is 2. The van der Waals surface area contributed by atoms with Crippen molar-refractivity contribution < 1.29 is 13.6 Å². The molecule has 0 saturated heterocycles. The minimum Gasteiger partial charge on any atom is -0.467 e. The number of aromatic amines is 1. The summed E-state index contributed by atoms with van der Waals surface area (Å²) in [7, 11) is 0. The number of rotatable bonds is 10. The third kappa shape index (κ3) is 5.65. The summed E-state index contributed by atoms with van der Waals surface area (Å²) in [6.07, 6.45) is 5.78. The number of halogens is 2. The van der Waals surface area contributed by atoms with Crippen molar-refractivity contribution in [2.24, 2.45) is 0 Å². The molecule has 2 N–H and O–H groups in total. The van der Waals surface area contributed by atoms with Crippen molar-refractivity contribution in [2.75, 3.05) is 6.54 Å². The van der Waals surface area contributed by atoms with Crippen LogP contribution in [0.3, 0.4) is 0 Å². The molecule has 0 aliphatic rings. The maximum atomic E-state index is 12.5. The van der Waals surface area contributed by atoms with Crippen LogP contribution in [0.15, 0.2) is 82.2 Å². The van der Waals surface area contributed by atoms with Crippen LogP contribution in [0.1, 0.15) is 33.3 Å². The molecule has 0 aliphatic heterocycles. The van der Waals surface area contributed by atoms with Gasteiger partial charge >= 0.3 is 0 Å². The average molecular weight is 523 g/mol. The highest BCUT2D eigenvalue weighted by molar-refractivity contribution is 6.42. The zero-order valence-electron chi connectivity index (χ0n) is 19.3. The number of oxazole rings is 1. The van der Waals surface area contributed by atoms with Gasteiger partial charge < -0.3 is 19.1 Å². The fourth-order valence-electron chi connectivity index (χ4n) is 4.09. The second-order valence-corrected chi connectivity index (χ2v) is 9.21. The van der Waals surface area contributed by atoms with Crippen LogP contribution >= 0.6 is 23.2 Å². The van der Waals surface area contributed by atoms with Crippen LogP contribution in [-0.2, 0) is 26.1 Å². The molecule has 3 aromatic heterocycles. The smallest absolute Gasteiger partial charge is 0.273 e. The first-order valence-corrected chi connectivity index (χ1v) is 12.3. The van der Waals surface area contributed by atoms with Gasteiger partial charge in [-0.15, -0.1) is 0 Å². The van der Waals surface area contributed by atoms with Crippen LogP contribution in [0.2, 0.25) is 10.0 Å². The van der Waals surface area contributed by atoms with Crippen LogP contribution in [-0.4, -0.2) is 27.3 Å². The number of H-pyrrole nitrogens is 1. The third-order valence-corrected chi connectivity index (χ3v) is 6.80. The summed E-state index contributed by atoms with van der Waals surface area (Å²) in [5.41, 5.74) is 3.45. The molecule has 0 atom stereocenters. The lowest BCUT2D eigenvalue weighted by molar-refractivity contribution is 0.0943. The molecule has 3 heterocycles. The molecule has 5 aromatic rings. The predicted octanol–water partition coefficient (Wildman–Crippen LogP) is 6.23. The number of aromatic nitrogens is 2. The number of furan rings is 1. The van der Waals surface area contributed by atoms with Crippen molar-refractivity contribution in [2.45, 2.75) is 26.1 Å². The van der Waals surface area contributed by atoms with E-state index in [4.69, 9.17) is 32.0 Å². The molecule has 0 saturated carbocycles. The Labute approximate surface area is 218 Å². The number of carbonyl (C=O) groups is 1. The molecule has 184 valence electrons. The molecule has 0 fully saturated rings. The van der Waals surface area contributed by atoms with Gasteiger partial charge in [0.25, 0.3) is 5.91 Å². The first-order valence-electron chi connectivity index (χ1n) is 11.5. The second kappa shape index (κ2) is 11.0. The van der Waals surface area contributed by atoms with E-state index >= 15 is 0 Å². The van der Waals surface area contributed by atoms with Gasteiger partial charge in [-0.25, -0.2) is 4.98 Å². The number of hydrogen-bond donors (Lipinski definition) is 2. The van der Waals surface area contributed by atoms with Gasteiger partial charge in [-0.1, -0.05) is 53.5 Å². The Morgan fingerprint density at radius 2 is 1.89 bits per heavy atom. The largest absolute Gasteiger partial charge is 0.467 e. The number of nitrogens with one attached hydrogen (secondary N) is 2. The lowest BCUT2D eigenvalue weighted by Gasteiger charge is -2.21. The van der Waals surface area contributed by atoms with Crippen molar-refractivity contribution in [1.82, 2.24) is 20.2 Å². The zero-order valence-corrected chi connectivity index (χ0v) is 20.9. The second-order valence-electron chi connectivity index (χ2n) is 8.42. The molecule has 1 amide bonds. The molecule has 0 bridgehead atoms. The quantitative estimate of drug-likeness (QED) is 0.227. The normalized spacial score (nSPS) is 11.4. The summed E-state index contributed by atoms with van der Waals surface area (Å²) in [4.78, 5) is 22.4. The molecule has 0 radical (unpaired) electrons. The highest BCUT2D eigenvalue weighted by atomic mass is 35.5. The Kier molecular flexibility index (Phi) is 7.41. The number of benzene rings is 2. The fourth-order valence-corrected chi connectivity index (χ4v) is 4.47. The summed E-state index contributed by atoms with van der Waals surface area (Å²) >= 11 is 12.7. The van der Waals surface area contributed by atoms with Crippen molar-refractivity contribution in [1.29, 1.82) is 0 Å². The average Bonchev–Trinajstić information content (AvgIpc) is 3.65. The van der Waals surface area contributed by atoms with Gasteiger partial charge in [-0.2, -0.15) is 0 Å². The molecule has 5 rings (SSSR count). The molecule has 0 aliphatic carbocycles. The number of carbonyl (C=O) groups excluding carboxylic acids is 1. The van der Waals surface area contributed by atoms with E-state index in [1.807, 2.05) is 30.5 Å². The van der Waals surface area contributed by atoms with Gasteiger partial charge in [0.2, 0.25) is 5.89 Å². The third-order valence-electron chi connectivity index (χ3n) is 5.94. The van der Waals surface area contributed by atoms with Crippen LogP contribution < -0.4 is 5.32 Å². The van der Waals surface area contributed by atoms with E-state index in [0.717, 1.165) is 17.5 Å². The first kappa shape index (κ1) is 24.2. The Bertz CT molecular complexity index is 1460. The lowest BCUT2D eigenvalue weighted by Crippen LogP contribution is -2.26. The lowest BCUT2D eigenvalue weighted by atomic mass is 10.1. The van der Waals surface area contributed by atoms with Gasteiger partial charge in [0, 0.05) is 30.2 Å². The zero-order chi connectivity index (χ0) is 24.9. The minimum absolute atomic E-state index is 0.217. The molecule has 36 heavy (non-hydrogen) atoms. The predicted molar refractivity (Wildman–Crippen MR) is 139 cm³/mol. The monoisotopic (exact) mass is 522 g/mol. The van der Waals surface area contributed by atoms with E-state index in [-0.39, 0.29) is 18.1 Å². The summed E-state index contributed by atoms with van der Waals surface area (Å²) < 4.78 is 10.9. The summed E-state index contributed by atoms with van der Waals surface area (Å²) in [6.45, 7) is 1.94. The van der Waals surface area contributed by atoms with Crippen LogP contribution in [0.4, 0.5) is 0 Å². The van der Waals surface area contributed by atoms with Gasteiger partial charge in [-0.05, 0) is 41.8 Å². The summed E-state index contributed by atoms with van der Waals surface area (Å²) in [6, 6.07) is 17.4. The Hall–Kier alpha value is -3.52. The van der Waals surface area contributed by atoms with E-state index in [2.05, 4.69) is 32.3 Å². The van der Waals surface area contributed by atoms with Gasteiger partial charge in [-0.3, -0.25) is 9.69 Å². The maximum absolute atomic E-state index is 12.5. The highest BCUT2D eigenvalue weighted by Crippen LogP contribution is 2.27. The number of para-hydroxylation sites is 1. The van der Waals surface area contributed by atoms with E-state index < -0.39 is 0 Å². The molecular weight excluding hydrogens is 499 g/mol. The SMILES string of the molecule is O=C(NCc1ccco1)c1coc(CN(CCc2c[nH]c3ccccc23)Cc2cccc(Cl)c2Cl)n1. The maximum Gasteiger partial charge on any atom is 0.273 e. The van der Waals surface area contributed by atoms with Gasteiger partial charge in [0.1, 0.15) is 12.0 Å². The van der Waals surface area contributed by atoms with Gasteiger partial charge in [0.05, 0.1) is 29.4 Å². The van der Waals surface area contributed by atoms with Crippen LogP contribution in [0.5, 0.6) is 0 Å². The Morgan fingerprint density at radius 1 is 1.00 bits per heavy atom. The first-order chi connectivity index (χ1) is 17.6. The molecule has 9 heteroatoms. The number of fused-ring (bicyclic) bond motifs is 1. The molecule has 0 unspecified atom stereocenters. The number of hydrogen-bond acceptors (Lipinski definition) is 5. The van der Waals surface area contributed by atoms with Crippen molar-refractivity contribution in [3.8, 4) is 0 Å². The fraction of sp³-hybridized carbons (Fsp3) is 0.185. The summed E-state index contributed by atoms with van der Waals surface area (Å²) in [5, 5.41) is 5.02. The van der Waals surface area contributed by atoms with Crippen LogP contribution in [0.25, 0.3) is 10.9 Å². The van der Waals surface area contributed by atoms with Crippen molar-refractivity contribution >= 4 is 40.0 Å². The van der Waals surface area contributed by atoms with E-state index in [1.165, 1.54) is 17.2 Å². The van der Waals surface area contributed by atoms with Crippen molar-refractivity contribution in [3.63, 3.8) is 0 Å². The van der Waals surface area contributed by atoms with E-state index in [9.17, 15) is 4.79 Å². The molecule has 2 aromatic carbocycles.